The molecule has 146 valence electrons. The SMILES string of the molecule is CC(C)CCCCCC(=O)O.CC(C)CCCCCCC(=O)O.[Fe]. The fourth-order valence-electron chi connectivity index (χ4n) is 2.19. The fourth-order valence-corrected chi connectivity index (χ4v) is 2.19. The molecule has 24 heavy (non-hydrogen) atoms. The van der Waals surface area contributed by atoms with Crippen LogP contribution in [-0.2, 0) is 26.7 Å². The van der Waals surface area contributed by atoms with E-state index < -0.39 is 11.9 Å². The van der Waals surface area contributed by atoms with Gasteiger partial charge in [-0.05, 0) is 24.7 Å². The average Bonchev–Trinajstić information content (AvgIpc) is 2.41. The van der Waals surface area contributed by atoms with Gasteiger partial charge in [0.05, 0.1) is 0 Å². The van der Waals surface area contributed by atoms with Crippen LogP contribution in [0.5, 0.6) is 0 Å². The van der Waals surface area contributed by atoms with Crippen molar-refractivity contribution in [1.82, 2.24) is 0 Å². The van der Waals surface area contributed by atoms with Crippen molar-refractivity contribution >= 4 is 11.9 Å². The summed E-state index contributed by atoms with van der Waals surface area (Å²) in [5, 5.41) is 16.7. The maximum atomic E-state index is 10.1. The van der Waals surface area contributed by atoms with Crippen molar-refractivity contribution < 1.29 is 36.9 Å². The molecule has 0 aromatic rings. The van der Waals surface area contributed by atoms with E-state index in [1.165, 1.54) is 32.1 Å². The molecule has 0 spiro atoms. The predicted octanol–water partition coefficient (Wildman–Crippen LogP) is 5.74. The molecule has 0 aliphatic rings. The molecule has 0 saturated heterocycles. The van der Waals surface area contributed by atoms with Gasteiger partial charge >= 0.3 is 11.9 Å². The maximum Gasteiger partial charge on any atom is 0.303 e. The Kier molecular flexibility index (Phi) is 24.2. The Labute approximate surface area is 159 Å². The van der Waals surface area contributed by atoms with E-state index in [9.17, 15) is 9.59 Å². The van der Waals surface area contributed by atoms with Crippen molar-refractivity contribution in [2.24, 2.45) is 11.8 Å². The minimum atomic E-state index is -0.672. The van der Waals surface area contributed by atoms with E-state index in [2.05, 4.69) is 27.7 Å². The van der Waals surface area contributed by atoms with Gasteiger partial charge in [-0.3, -0.25) is 9.59 Å². The van der Waals surface area contributed by atoms with E-state index in [-0.39, 0.29) is 17.1 Å². The van der Waals surface area contributed by atoms with Gasteiger partial charge in [-0.15, -0.1) is 0 Å². The number of aliphatic carboxylic acids is 2. The van der Waals surface area contributed by atoms with E-state index in [0.29, 0.717) is 12.8 Å². The third-order valence-electron chi connectivity index (χ3n) is 3.59. The molecule has 0 aliphatic carbocycles. The standard InChI is InChI=1S/C10H20O2.C9H18O2.Fe/c1-9(2)7-5-3-4-6-8-10(11)12;1-8(2)6-4-3-5-7-9(10)11;/h9H,3-8H2,1-2H3,(H,11,12);8H,3-7H2,1-2H3,(H,10,11);. The van der Waals surface area contributed by atoms with Crippen LogP contribution < -0.4 is 0 Å². The molecule has 0 heterocycles. The first-order valence-electron chi connectivity index (χ1n) is 9.19. The third-order valence-corrected chi connectivity index (χ3v) is 3.59. The quantitative estimate of drug-likeness (QED) is 0.313. The molecule has 0 fully saturated rings. The Morgan fingerprint density at radius 1 is 0.625 bits per heavy atom. The van der Waals surface area contributed by atoms with Crippen molar-refractivity contribution in [3.05, 3.63) is 0 Å². The first kappa shape index (κ1) is 28.3. The summed E-state index contributed by atoms with van der Waals surface area (Å²) in [6.45, 7) is 8.82. The zero-order valence-corrected chi connectivity index (χ0v) is 17.1. The summed E-state index contributed by atoms with van der Waals surface area (Å²) in [6.07, 6.45) is 10.6. The summed E-state index contributed by atoms with van der Waals surface area (Å²) < 4.78 is 0. The normalized spacial score (nSPS) is 10.1. The van der Waals surface area contributed by atoms with Gasteiger partial charge in [-0.1, -0.05) is 72.6 Å². The second kappa shape index (κ2) is 20.5. The summed E-state index contributed by atoms with van der Waals surface area (Å²) >= 11 is 0. The smallest absolute Gasteiger partial charge is 0.303 e. The molecule has 0 radical (unpaired) electrons. The van der Waals surface area contributed by atoms with Crippen molar-refractivity contribution in [1.29, 1.82) is 0 Å². The molecule has 4 nitrogen and oxygen atoms in total. The summed E-state index contributed by atoms with van der Waals surface area (Å²) in [6, 6.07) is 0. The number of carbonyl (C=O) groups is 2. The van der Waals surface area contributed by atoms with Crippen molar-refractivity contribution in [2.45, 2.75) is 98.3 Å². The Morgan fingerprint density at radius 2 is 0.917 bits per heavy atom. The van der Waals surface area contributed by atoms with E-state index in [0.717, 1.165) is 37.5 Å². The largest absolute Gasteiger partial charge is 0.481 e. The minimum absolute atomic E-state index is 0. The van der Waals surface area contributed by atoms with Crippen LogP contribution in [0, 0.1) is 11.8 Å². The Hall–Kier alpha value is -0.541. The molecule has 2 N–H and O–H groups in total. The van der Waals surface area contributed by atoms with Crippen LogP contribution in [0.25, 0.3) is 0 Å². The zero-order valence-electron chi connectivity index (χ0n) is 16.0. The van der Waals surface area contributed by atoms with Crippen LogP contribution in [0.3, 0.4) is 0 Å². The van der Waals surface area contributed by atoms with Gasteiger partial charge < -0.3 is 10.2 Å². The number of carboxylic acids is 2. The number of rotatable bonds is 13. The van der Waals surface area contributed by atoms with Crippen molar-refractivity contribution in [2.75, 3.05) is 0 Å². The van der Waals surface area contributed by atoms with Crippen LogP contribution in [0.2, 0.25) is 0 Å². The molecule has 0 bridgehead atoms. The second-order valence-electron chi connectivity index (χ2n) is 7.13. The van der Waals surface area contributed by atoms with Gasteiger partial charge in [-0.25, -0.2) is 0 Å². The van der Waals surface area contributed by atoms with Crippen LogP contribution in [0.4, 0.5) is 0 Å². The number of hydrogen-bond acceptors (Lipinski definition) is 2. The van der Waals surface area contributed by atoms with E-state index in [1.54, 1.807) is 0 Å². The molecule has 0 rings (SSSR count). The zero-order chi connectivity index (χ0) is 18.1. The molecule has 0 aromatic carbocycles. The maximum absolute atomic E-state index is 10.1. The fraction of sp³-hybridized carbons (Fsp3) is 0.895. The summed E-state index contributed by atoms with van der Waals surface area (Å²) in [7, 11) is 0. The summed E-state index contributed by atoms with van der Waals surface area (Å²) in [5.74, 6) is 0.192. The summed E-state index contributed by atoms with van der Waals surface area (Å²) in [4.78, 5) is 20.2. The molecule has 0 amide bonds. The first-order valence-corrected chi connectivity index (χ1v) is 9.19. The van der Waals surface area contributed by atoms with Crippen LogP contribution in [-0.4, -0.2) is 22.2 Å². The molecular formula is C19H38FeO4. The molecule has 0 saturated carbocycles. The Balaban J connectivity index is -0.000000354. The Bertz CT molecular complexity index is 291. The van der Waals surface area contributed by atoms with Crippen LogP contribution >= 0.6 is 0 Å². The van der Waals surface area contributed by atoms with E-state index in [1.807, 2.05) is 0 Å². The molecule has 5 heteroatoms. The van der Waals surface area contributed by atoms with E-state index in [4.69, 9.17) is 10.2 Å². The summed E-state index contributed by atoms with van der Waals surface area (Å²) in [5.41, 5.74) is 0. The number of hydrogen-bond donors (Lipinski definition) is 2. The molecule has 0 unspecified atom stereocenters. The van der Waals surface area contributed by atoms with Gasteiger partial charge in [-0.2, -0.15) is 0 Å². The van der Waals surface area contributed by atoms with Gasteiger partial charge in [0.15, 0.2) is 0 Å². The van der Waals surface area contributed by atoms with E-state index >= 15 is 0 Å². The molecule has 0 aliphatic heterocycles. The van der Waals surface area contributed by atoms with Crippen LogP contribution in [0.1, 0.15) is 98.3 Å². The number of unbranched alkanes of at least 4 members (excludes halogenated alkanes) is 5. The van der Waals surface area contributed by atoms with Crippen molar-refractivity contribution in [3.63, 3.8) is 0 Å². The van der Waals surface area contributed by atoms with Gasteiger partial charge in [0, 0.05) is 29.9 Å². The number of carboxylic acid groups (broad SMARTS) is 2. The topological polar surface area (TPSA) is 74.6 Å². The first-order chi connectivity index (χ1) is 10.8. The van der Waals surface area contributed by atoms with Crippen LogP contribution in [0.15, 0.2) is 0 Å². The minimum Gasteiger partial charge on any atom is -0.481 e. The third kappa shape index (κ3) is 33.2. The monoisotopic (exact) mass is 386 g/mol. The molecular weight excluding hydrogens is 348 g/mol. The van der Waals surface area contributed by atoms with Gasteiger partial charge in [0.25, 0.3) is 0 Å². The Morgan fingerprint density at radius 3 is 1.21 bits per heavy atom. The van der Waals surface area contributed by atoms with Gasteiger partial charge in [0.1, 0.15) is 0 Å². The molecule has 0 aromatic heterocycles. The second-order valence-corrected chi connectivity index (χ2v) is 7.13. The predicted molar refractivity (Wildman–Crippen MR) is 95.7 cm³/mol. The van der Waals surface area contributed by atoms with Gasteiger partial charge in [0.2, 0.25) is 0 Å². The average molecular weight is 386 g/mol. The van der Waals surface area contributed by atoms with Crippen molar-refractivity contribution in [3.8, 4) is 0 Å². The molecule has 0 atom stereocenters.